The van der Waals surface area contributed by atoms with Gasteiger partial charge < -0.3 is 27.9 Å². The summed E-state index contributed by atoms with van der Waals surface area (Å²) < 4.78 is 34.3. The van der Waals surface area contributed by atoms with E-state index in [-0.39, 0.29) is 26.1 Å². The van der Waals surface area contributed by atoms with Crippen LogP contribution in [-0.2, 0) is 32.7 Å². The van der Waals surface area contributed by atoms with Crippen LogP contribution in [0.2, 0.25) is 0 Å². The van der Waals surface area contributed by atoms with E-state index in [0.717, 1.165) is 128 Å². The predicted molar refractivity (Wildman–Crippen MR) is 369 cm³/mol. The van der Waals surface area contributed by atoms with Gasteiger partial charge in [0.15, 0.2) is 6.10 Å². The van der Waals surface area contributed by atoms with E-state index in [9.17, 15) is 19.0 Å². The fourth-order valence-electron chi connectivity index (χ4n) is 9.14. The first-order valence-electron chi connectivity index (χ1n) is 34.5. The highest BCUT2D eigenvalue weighted by Crippen LogP contribution is 2.38. The van der Waals surface area contributed by atoms with E-state index < -0.39 is 32.5 Å². The van der Waals surface area contributed by atoms with Gasteiger partial charge in [-0.3, -0.25) is 14.2 Å². The molecule has 0 saturated carbocycles. The van der Waals surface area contributed by atoms with Gasteiger partial charge >= 0.3 is 11.9 Å². The van der Waals surface area contributed by atoms with Crippen LogP contribution in [-0.4, -0.2) is 70.0 Å². The summed E-state index contributed by atoms with van der Waals surface area (Å²) in [5.41, 5.74) is 0. The molecule has 0 radical (unpaired) electrons. The summed E-state index contributed by atoms with van der Waals surface area (Å²) in [5.74, 6) is -0.857. The first-order chi connectivity index (χ1) is 42.0. The zero-order chi connectivity index (χ0) is 62.6. The van der Waals surface area contributed by atoms with Crippen molar-refractivity contribution in [3.63, 3.8) is 0 Å². The lowest BCUT2D eigenvalue weighted by Crippen LogP contribution is -2.37. The molecule has 0 spiro atoms. The van der Waals surface area contributed by atoms with E-state index >= 15 is 0 Å². The Morgan fingerprint density at radius 2 is 0.628 bits per heavy atom. The molecule has 0 aromatic carbocycles. The number of quaternary nitrogens is 1. The van der Waals surface area contributed by atoms with Crippen molar-refractivity contribution in [3.05, 3.63) is 146 Å². The smallest absolute Gasteiger partial charge is 0.306 e. The average molecular weight is 1210 g/mol. The number of allylic oxidation sites excluding steroid dienone is 24. The summed E-state index contributed by atoms with van der Waals surface area (Å²) in [5, 5.41) is 0. The molecule has 0 heterocycles. The zero-order valence-corrected chi connectivity index (χ0v) is 56.6. The van der Waals surface area contributed by atoms with Crippen LogP contribution < -0.4 is 4.89 Å². The highest BCUT2D eigenvalue weighted by Gasteiger charge is 2.22. The molecule has 0 rings (SSSR count). The summed E-state index contributed by atoms with van der Waals surface area (Å²) in [6.07, 6.45) is 96.4. The minimum absolute atomic E-state index is 0.0413. The highest BCUT2D eigenvalue weighted by atomic mass is 31.2. The monoisotopic (exact) mass is 1210 g/mol. The van der Waals surface area contributed by atoms with Crippen molar-refractivity contribution in [3.8, 4) is 0 Å². The fraction of sp³-hybridized carbons (Fsp3) is 0.658. The minimum Gasteiger partial charge on any atom is -0.756 e. The molecule has 0 aliphatic heterocycles. The van der Waals surface area contributed by atoms with Gasteiger partial charge in [0.2, 0.25) is 0 Å². The number of carbonyl (C=O) groups is 2. The van der Waals surface area contributed by atoms with Crippen molar-refractivity contribution >= 4 is 19.8 Å². The van der Waals surface area contributed by atoms with Gasteiger partial charge in [0.1, 0.15) is 19.8 Å². The van der Waals surface area contributed by atoms with Crippen LogP contribution >= 0.6 is 7.82 Å². The molecular formula is C76H128NO8P. The van der Waals surface area contributed by atoms with Crippen molar-refractivity contribution in [2.75, 3.05) is 47.5 Å². The third-order valence-corrected chi connectivity index (χ3v) is 15.3. The summed E-state index contributed by atoms with van der Waals surface area (Å²) in [7, 11) is 1.14. The molecule has 2 atom stereocenters. The maximum absolute atomic E-state index is 12.8. The van der Waals surface area contributed by atoms with Gasteiger partial charge in [0.25, 0.3) is 7.82 Å². The molecular weight excluding hydrogens is 1090 g/mol. The van der Waals surface area contributed by atoms with Gasteiger partial charge in [0.05, 0.1) is 27.7 Å². The Morgan fingerprint density at radius 1 is 0.360 bits per heavy atom. The number of carbonyl (C=O) groups excluding carboxylic acids is 2. The Morgan fingerprint density at radius 3 is 0.930 bits per heavy atom. The maximum Gasteiger partial charge on any atom is 0.306 e. The first kappa shape index (κ1) is 81.9. The Bertz CT molecular complexity index is 1960. The number of unbranched alkanes of at least 4 members (excludes halogenated alkanes) is 24. The minimum atomic E-state index is -4.66. The lowest BCUT2D eigenvalue weighted by atomic mass is 10.0. The van der Waals surface area contributed by atoms with Gasteiger partial charge in [-0.1, -0.05) is 288 Å². The SMILES string of the molecule is CC/C=C\C/C=C\C/C=C\C/C=C\C/C=C\C/C=C\C/C=C\CCCCCCCC(=O)OC(COC(=O)CCCCCCCCCCCCCCCCCCCCC/C=C\C/C=C\C/C=C\C/C=C\C/C=C\CC)COP(=O)([O-])OCC[N+](C)(C)C. The molecule has 0 N–H and O–H groups in total. The quantitative estimate of drug-likeness (QED) is 0.0195. The second-order valence-corrected chi connectivity index (χ2v) is 25.2. The first-order valence-corrected chi connectivity index (χ1v) is 36.0. The number of hydrogen-bond donors (Lipinski definition) is 0. The van der Waals surface area contributed by atoms with Crippen LogP contribution in [0.15, 0.2) is 146 Å². The Hall–Kier alpha value is -4.11. The number of rotatable bonds is 62. The van der Waals surface area contributed by atoms with E-state index in [1.165, 1.54) is 109 Å². The van der Waals surface area contributed by atoms with Crippen molar-refractivity contribution in [2.45, 2.75) is 277 Å². The van der Waals surface area contributed by atoms with Crippen LogP contribution in [0.4, 0.5) is 0 Å². The Labute approximate surface area is 529 Å². The Balaban J connectivity index is 4.09. The largest absolute Gasteiger partial charge is 0.756 e. The predicted octanol–water partition coefficient (Wildman–Crippen LogP) is 22.0. The summed E-state index contributed by atoms with van der Waals surface area (Å²) in [4.78, 5) is 38.1. The third kappa shape index (κ3) is 69.0. The molecule has 490 valence electrons. The molecule has 0 saturated heterocycles. The highest BCUT2D eigenvalue weighted by molar-refractivity contribution is 7.45. The van der Waals surface area contributed by atoms with Crippen LogP contribution in [0.3, 0.4) is 0 Å². The van der Waals surface area contributed by atoms with Crippen LogP contribution in [0.5, 0.6) is 0 Å². The molecule has 0 aromatic rings. The van der Waals surface area contributed by atoms with E-state index in [2.05, 4.69) is 160 Å². The van der Waals surface area contributed by atoms with Crippen molar-refractivity contribution in [1.82, 2.24) is 0 Å². The molecule has 0 fully saturated rings. The number of nitrogens with zero attached hydrogens (tertiary/aromatic N) is 1. The fourth-order valence-corrected chi connectivity index (χ4v) is 9.86. The van der Waals surface area contributed by atoms with E-state index in [1.54, 1.807) is 0 Å². The normalized spacial score (nSPS) is 14.1. The van der Waals surface area contributed by atoms with Crippen molar-refractivity contribution < 1.29 is 42.1 Å². The second-order valence-electron chi connectivity index (χ2n) is 23.8. The molecule has 0 bridgehead atoms. The lowest BCUT2D eigenvalue weighted by Gasteiger charge is -2.28. The lowest BCUT2D eigenvalue weighted by molar-refractivity contribution is -0.870. The topological polar surface area (TPSA) is 111 Å². The summed E-state index contributed by atoms with van der Waals surface area (Å²) in [6.45, 7) is 3.99. The van der Waals surface area contributed by atoms with E-state index in [4.69, 9.17) is 18.5 Å². The second kappa shape index (κ2) is 65.3. The number of esters is 2. The van der Waals surface area contributed by atoms with E-state index in [0.29, 0.717) is 17.4 Å². The molecule has 0 aliphatic rings. The van der Waals surface area contributed by atoms with Gasteiger partial charge in [-0.2, -0.15) is 0 Å². The summed E-state index contributed by atoms with van der Waals surface area (Å²) in [6, 6.07) is 0. The standard InChI is InChI=1S/C76H128NO8P/c1-6-8-10-12-14-16-18-20-22-24-26-28-30-32-34-35-36-37-38-39-40-41-43-44-46-48-50-52-54-56-58-60-62-64-66-68-75(78)82-72-74(73-84-86(80,81)83-71-70-77(3,4)5)85-76(79)69-67-65-63-61-59-57-55-53-51-49-47-45-42-33-31-29-27-25-23-21-19-17-15-13-11-9-7-2/h8-11,14-17,20-23,26-29,32-34,42,47,49,53,55,74H,6-7,12-13,18-19,24-25,30-31,35-41,43-46,48,50-52,54,56-73H2,1-5H3/b10-8-,11-9-,16-14-,17-15-,22-20-,23-21-,28-26-,29-27-,34-32-,42-33-,49-47-,55-53-. The number of hydrogen-bond acceptors (Lipinski definition) is 8. The Kier molecular flexibility index (Phi) is 62.2. The van der Waals surface area contributed by atoms with Gasteiger partial charge in [-0.25, -0.2) is 0 Å². The summed E-state index contributed by atoms with van der Waals surface area (Å²) >= 11 is 0. The van der Waals surface area contributed by atoms with Gasteiger partial charge in [0, 0.05) is 12.8 Å². The van der Waals surface area contributed by atoms with Gasteiger partial charge in [-0.15, -0.1) is 0 Å². The average Bonchev–Trinajstić information content (AvgIpc) is 3.53. The molecule has 0 amide bonds. The molecule has 0 aliphatic carbocycles. The zero-order valence-electron chi connectivity index (χ0n) is 55.7. The van der Waals surface area contributed by atoms with Crippen LogP contribution in [0.1, 0.15) is 271 Å². The molecule has 10 heteroatoms. The molecule has 0 aromatic heterocycles. The van der Waals surface area contributed by atoms with Crippen molar-refractivity contribution in [1.29, 1.82) is 0 Å². The molecule has 86 heavy (non-hydrogen) atoms. The maximum atomic E-state index is 12.8. The number of phosphoric ester groups is 1. The van der Waals surface area contributed by atoms with Crippen molar-refractivity contribution in [2.24, 2.45) is 0 Å². The van der Waals surface area contributed by atoms with Crippen LogP contribution in [0, 0.1) is 0 Å². The number of phosphoric acid groups is 1. The van der Waals surface area contributed by atoms with Gasteiger partial charge in [-0.05, 0) is 116 Å². The van der Waals surface area contributed by atoms with E-state index in [1.807, 2.05) is 21.1 Å². The van der Waals surface area contributed by atoms with Crippen LogP contribution in [0.25, 0.3) is 0 Å². The molecule has 2 unspecified atom stereocenters. The number of likely N-dealkylation sites (N-methyl/N-ethyl adjacent to an activating group) is 1. The third-order valence-electron chi connectivity index (χ3n) is 14.4. The number of ether oxygens (including phenoxy) is 2. The molecule has 9 nitrogen and oxygen atoms in total.